The first-order valence-corrected chi connectivity index (χ1v) is 4.63. The van der Waals surface area contributed by atoms with Crippen molar-refractivity contribution >= 4 is 9.93 Å². The van der Waals surface area contributed by atoms with Crippen LogP contribution < -0.4 is 0 Å². The molecule has 0 aromatic rings. The Labute approximate surface area is 45.0 Å². The Morgan fingerprint density at radius 2 is 2.00 bits per heavy atom. The Kier molecular flexibility index (Phi) is 2.46. The van der Waals surface area contributed by atoms with Crippen LogP contribution in [0.15, 0.2) is 0 Å². The van der Waals surface area contributed by atoms with Crippen molar-refractivity contribution in [2.45, 2.75) is 0 Å². The number of hydrogen-bond acceptors (Lipinski definition) is 2. The number of aliphatic hydroxyl groups is 1. The van der Waals surface area contributed by atoms with Crippen molar-refractivity contribution in [2.24, 2.45) is 0 Å². The van der Waals surface area contributed by atoms with Gasteiger partial charge in [-0.25, -0.2) is 0 Å². The van der Waals surface area contributed by atoms with Gasteiger partial charge in [-0.05, 0) is 0 Å². The molecular weight excluding hydrogens is 112 g/mol. The molecular formula is C4H11O2S+. The van der Waals surface area contributed by atoms with E-state index in [0.29, 0.717) is 5.75 Å². The van der Waals surface area contributed by atoms with E-state index in [4.69, 9.17) is 5.11 Å². The summed E-state index contributed by atoms with van der Waals surface area (Å²) in [7, 11) is -1.67. The zero-order valence-corrected chi connectivity index (χ0v) is 5.49. The van der Waals surface area contributed by atoms with Crippen LogP contribution in [-0.4, -0.2) is 30.0 Å². The van der Waals surface area contributed by atoms with Gasteiger partial charge in [0.25, 0.3) is 0 Å². The van der Waals surface area contributed by atoms with Crippen LogP contribution in [0.5, 0.6) is 0 Å². The van der Waals surface area contributed by atoms with Crippen LogP contribution in [0, 0.1) is 0 Å². The summed E-state index contributed by atoms with van der Waals surface area (Å²) in [6, 6.07) is 0. The molecule has 0 rings (SSSR count). The lowest BCUT2D eigenvalue weighted by molar-refractivity contribution is 0.320. The maximum Gasteiger partial charge on any atom is 0.134 e. The molecule has 0 spiro atoms. The number of aliphatic hydroxyl groups excluding tert-OH is 1. The van der Waals surface area contributed by atoms with Gasteiger partial charge in [0, 0.05) is 0 Å². The second-order valence-electron chi connectivity index (χ2n) is 1.86. The molecule has 3 heteroatoms. The smallest absolute Gasteiger partial charge is 0.134 e. The number of rotatable bonds is 2. The molecule has 0 saturated heterocycles. The molecule has 0 aromatic heterocycles. The van der Waals surface area contributed by atoms with E-state index in [2.05, 4.69) is 0 Å². The van der Waals surface area contributed by atoms with Crippen LogP contribution in [0.1, 0.15) is 0 Å². The van der Waals surface area contributed by atoms with Crippen molar-refractivity contribution in [2.75, 3.05) is 24.9 Å². The molecule has 0 saturated carbocycles. The van der Waals surface area contributed by atoms with E-state index >= 15 is 0 Å². The van der Waals surface area contributed by atoms with E-state index in [1.807, 2.05) is 0 Å². The van der Waals surface area contributed by atoms with Gasteiger partial charge in [0.05, 0.1) is 16.5 Å². The summed E-state index contributed by atoms with van der Waals surface area (Å²) in [6.45, 7) is 0.0336. The van der Waals surface area contributed by atoms with E-state index in [-0.39, 0.29) is 6.61 Å². The standard InChI is InChI=1S/C4H11O2S/c1-7(2,6)4-3-5/h5H,3-4H2,1-2H3/q+1. The molecule has 0 aliphatic rings. The SMILES string of the molecule is C[S+](C)(=O)CCO. The third kappa shape index (κ3) is 6.11. The summed E-state index contributed by atoms with van der Waals surface area (Å²) in [5.74, 6) is 0.424. The van der Waals surface area contributed by atoms with E-state index in [9.17, 15) is 4.21 Å². The fraction of sp³-hybridized carbons (Fsp3) is 1.00. The lowest BCUT2D eigenvalue weighted by Crippen LogP contribution is -2.13. The minimum Gasteiger partial charge on any atom is -0.392 e. The van der Waals surface area contributed by atoms with E-state index < -0.39 is 9.93 Å². The molecule has 44 valence electrons. The molecule has 0 atom stereocenters. The van der Waals surface area contributed by atoms with Gasteiger partial charge < -0.3 is 5.11 Å². The van der Waals surface area contributed by atoms with Crippen molar-refractivity contribution in [3.05, 3.63) is 0 Å². The van der Waals surface area contributed by atoms with Crippen molar-refractivity contribution < 1.29 is 9.32 Å². The molecule has 0 bridgehead atoms. The summed E-state index contributed by atoms with van der Waals surface area (Å²) in [4.78, 5) is 0. The van der Waals surface area contributed by atoms with Crippen LogP contribution in [-0.2, 0) is 14.1 Å². The first-order chi connectivity index (χ1) is 3.06. The fourth-order valence-electron chi connectivity index (χ4n) is 0.220. The van der Waals surface area contributed by atoms with Gasteiger partial charge in [-0.3, -0.25) is 0 Å². The first-order valence-electron chi connectivity index (χ1n) is 2.09. The average molecular weight is 123 g/mol. The molecule has 0 amide bonds. The van der Waals surface area contributed by atoms with Gasteiger partial charge in [0.1, 0.15) is 18.3 Å². The van der Waals surface area contributed by atoms with Crippen LogP contribution in [0.2, 0.25) is 0 Å². The molecule has 0 radical (unpaired) electrons. The molecule has 0 unspecified atom stereocenters. The maximum absolute atomic E-state index is 10.6. The fourth-order valence-corrected chi connectivity index (χ4v) is 0.660. The Balaban J connectivity index is 3.36. The van der Waals surface area contributed by atoms with Gasteiger partial charge >= 0.3 is 0 Å². The summed E-state index contributed by atoms with van der Waals surface area (Å²) in [5, 5.41) is 8.22. The lowest BCUT2D eigenvalue weighted by Gasteiger charge is -1.93. The van der Waals surface area contributed by atoms with Gasteiger partial charge in [0.2, 0.25) is 0 Å². The number of hydrogen-bond donors (Lipinski definition) is 1. The summed E-state index contributed by atoms with van der Waals surface area (Å²) < 4.78 is 10.6. The second kappa shape index (κ2) is 2.43. The Bertz CT molecular complexity index is 83.7. The molecule has 2 nitrogen and oxygen atoms in total. The highest BCUT2D eigenvalue weighted by Gasteiger charge is 2.08. The van der Waals surface area contributed by atoms with Gasteiger partial charge in [0.15, 0.2) is 0 Å². The summed E-state index contributed by atoms with van der Waals surface area (Å²) >= 11 is 0. The third-order valence-corrected chi connectivity index (χ3v) is 1.75. The van der Waals surface area contributed by atoms with Crippen LogP contribution in [0.25, 0.3) is 0 Å². The summed E-state index contributed by atoms with van der Waals surface area (Å²) in [5.41, 5.74) is 0. The minimum absolute atomic E-state index is 0.0336. The van der Waals surface area contributed by atoms with Crippen molar-refractivity contribution in [1.29, 1.82) is 0 Å². The second-order valence-corrected chi connectivity index (χ2v) is 5.15. The Hall–Kier alpha value is 0.110. The average Bonchev–Trinajstić information content (AvgIpc) is 1.30. The normalized spacial score (nSPS) is 11.9. The van der Waals surface area contributed by atoms with Gasteiger partial charge in [-0.15, -0.1) is 4.21 Å². The highest BCUT2D eigenvalue weighted by Crippen LogP contribution is 1.89. The quantitative estimate of drug-likeness (QED) is 0.513. The molecule has 1 N–H and O–H groups in total. The monoisotopic (exact) mass is 123 g/mol. The molecule has 0 aliphatic carbocycles. The highest BCUT2D eigenvalue weighted by atomic mass is 32.2. The Morgan fingerprint density at radius 3 is 2.00 bits per heavy atom. The first kappa shape index (κ1) is 7.11. The molecule has 7 heavy (non-hydrogen) atoms. The summed E-state index contributed by atoms with van der Waals surface area (Å²) in [6.07, 6.45) is 3.28. The zero-order chi connectivity index (χ0) is 5.91. The Morgan fingerprint density at radius 1 is 1.57 bits per heavy atom. The van der Waals surface area contributed by atoms with Crippen LogP contribution in [0.3, 0.4) is 0 Å². The predicted octanol–water partition coefficient (Wildman–Crippen LogP) is -0.262. The highest BCUT2D eigenvalue weighted by molar-refractivity contribution is 8.01. The molecule has 0 aliphatic heterocycles. The van der Waals surface area contributed by atoms with Gasteiger partial charge in [-0.1, -0.05) is 0 Å². The third-order valence-electron chi connectivity index (χ3n) is 0.583. The van der Waals surface area contributed by atoms with Crippen LogP contribution in [0.4, 0.5) is 0 Å². The van der Waals surface area contributed by atoms with E-state index in [1.54, 1.807) is 12.5 Å². The van der Waals surface area contributed by atoms with Crippen molar-refractivity contribution in [1.82, 2.24) is 0 Å². The molecule has 0 aromatic carbocycles. The maximum atomic E-state index is 10.6. The van der Waals surface area contributed by atoms with Crippen LogP contribution >= 0.6 is 0 Å². The zero-order valence-electron chi connectivity index (χ0n) is 4.68. The topological polar surface area (TPSA) is 37.3 Å². The van der Waals surface area contributed by atoms with Crippen molar-refractivity contribution in [3.63, 3.8) is 0 Å². The molecule has 0 heterocycles. The lowest BCUT2D eigenvalue weighted by atomic mass is 10.9. The minimum atomic E-state index is -1.67. The van der Waals surface area contributed by atoms with Gasteiger partial charge in [-0.2, -0.15) is 0 Å². The van der Waals surface area contributed by atoms with Crippen molar-refractivity contribution in [3.8, 4) is 0 Å². The predicted molar refractivity (Wildman–Crippen MR) is 31.9 cm³/mol. The largest absolute Gasteiger partial charge is 0.392 e. The van der Waals surface area contributed by atoms with E-state index in [0.717, 1.165) is 0 Å². The van der Waals surface area contributed by atoms with E-state index in [1.165, 1.54) is 0 Å². The molecule has 0 fully saturated rings.